The Hall–Kier alpha value is -1.59. The maximum atomic E-state index is 13.8. The van der Waals surface area contributed by atoms with E-state index in [-0.39, 0.29) is 37.0 Å². The van der Waals surface area contributed by atoms with E-state index in [9.17, 15) is 17.6 Å². The molecule has 1 N–H and O–H groups in total. The van der Waals surface area contributed by atoms with Gasteiger partial charge in [-0.05, 0) is 44.7 Å². The predicted octanol–water partition coefficient (Wildman–Crippen LogP) is 5.93. The van der Waals surface area contributed by atoms with Gasteiger partial charge in [-0.2, -0.15) is 13.2 Å². The molecule has 0 aliphatic carbocycles. The van der Waals surface area contributed by atoms with Crippen molar-refractivity contribution in [1.29, 1.82) is 0 Å². The van der Waals surface area contributed by atoms with Crippen LogP contribution in [-0.4, -0.2) is 61.6 Å². The second kappa shape index (κ2) is 10.8. The lowest BCUT2D eigenvalue weighted by molar-refractivity contribution is -0.134. The van der Waals surface area contributed by atoms with E-state index in [1.165, 1.54) is 12.1 Å². The van der Waals surface area contributed by atoms with Crippen LogP contribution in [0.15, 0.2) is 29.3 Å². The fourth-order valence-corrected chi connectivity index (χ4v) is 4.84. The third kappa shape index (κ3) is 5.92. The average molecular weight is 529 g/mol. The molecule has 4 rings (SSSR count). The number of hydrogen-bond donors (Lipinski definition) is 1. The number of amidine groups is 1. The van der Waals surface area contributed by atoms with Crippen LogP contribution in [0, 0.1) is 5.82 Å². The summed E-state index contributed by atoms with van der Waals surface area (Å²) in [6, 6.07) is 5.40. The number of likely N-dealkylation sites (N-methyl/N-ethyl adjacent to an activating group) is 1. The van der Waals surface area contributed by atoms with Crippen LogP contribution < -0.4 is 5.32 Å². The second-order valence-corrected chi connectivity index (χ2v) is 8.99. The lowest BCUT2D eigenvalue weighted by Crippen LogP contribution is -2.54. The van der Waals surface area contributed by atoms with Gasteiger partial charge in [-0.25, -0.2) is 9.38 Å². The first kappa shape index (κ1) is 27.7. The van der Waals surface area contributed by atoms with Crippen LogP contribution in [0.25, 0.3) is 0 Å². The van der Waals surface area contributed by atoms with Gasteiger partial charge in [-0.15, -0.1) is 36.2 Å². The summed E-state index contributed by atoms with van der Waals surface area (Å²) in [5.41, 5.74) is 1.23. The van der Waals surface area contributed by atoms with E-state index < -0.39 is 16.9 Å². The molecule has 184 valence electrons. The molecule has 2 atom stereocenters. The van der Waals surface area contributed by atoms with Crippen LogP contribution in [0.2, 0.25) is 0 Å². The quantitative estimate of drug-likeness (QED) is 0.501. The Labute approximate surface area is 206 Å². The summed E-state index contributed by atoms with van der Waals surface area (Å²) < 4.78 is 59.6. The molecule has 0 amide bonds. The van der Waals surface area contributed by atoms with Crippen LogP contribution >= 0.6 is 36.2 Å². The second-order valence-electron chi connectivity index (χ2n) is 7.94. The van der Waals surface area contributed by atoms with Gasteiger partial charge in [0.25, 0.3) is 0 Å². The number of benzene rings is 1. The minimum Gasteiger partial charge on any atom is -0.382 e. The number of hydrogen-bond acceptors (Lipinski definition) is 6. The van der Waals surface area contributed by atoms with Gasteiger partial charge in [0, 0.05) is 32.8 Å². The SMILES string of the molecule is COC(C)C[C@H]1CN(C2=Nc3ccc(F)cc3Nc3sc(C(F)(F)F)cc32)CCN1C.Cl.Cl. The van der Waals surface area contributed by atoms with Gasteiger partial charge in [0.1, 0.15) is 21.5 Å². The van der Waals surface area contributed by atoms with E-state index in [4.69, 9.17) is 9.73 Å². The van der Waals surface area contributed by atoms with E-state index in [2.05, 4.69) is 10.2 Å². The van der Waals surface area contributed by atoms with Crippen molar-refractivity contribution in [2.45, 2.75) is 31.7 Å². The minimum absolute atomic E-state index is 0. The van der Waals surface area contributed by atoms with Crippen molar-refractivity contribution in [3.05, 3.63) is 40.5 Å². The Morgan fingerprint density at radius 1 is 1.24 bits per heavy atom. The molecule has 1 fully saturated rings. The maximum absolute atomic E-state index is 13.8. The first-order valence-corrected chi connectivity index (χ1v) is 10.8. The molecule has 2 aromatic rings. The summed E-state index contributed by atoms with van der Waals surface area (Å²) in [5, 5.41) is 3.29. The van der Waals surface area contributed by atoms with Gasteiger partial charge in [0.15, 0.2) is 0 Å². The number of nitrogens with one attached hydrogen (secondary N) is 1. The molecule has 2 aliphatic heterocycles. The van der Waals surface area contributed by atoms with Crippen molar-refractivity contribution in [2.24, 2.45) is 4.99 Å². The molecule has 0 saturated carbocycles. The summed E-state index contributed by atoms with van der Waals surface area (Å²) in [7, 11) is 3.70. The van der Waals surface area contributed by atoms with Crippen LogP contribution in [0.1, 0.15) is 23.8 Å². The Kier molecular flexibility index (Phi) is 9.03. The molecule has 12 heteroatoms. The number of fused-ring (bicyclic) bond motifs is 2. The molecular formula is C21H26Cl2F4N4OS. The Balaban J connectivity index is 0.00000193. The van der Waals surface area contributed by atoms with Crippen molar-refractivity contribution in [2.75, 3.05) is 39.1 Å². The number of methoxy groups -OCH3 is 1. The van der Waals surface area contributed by atoms with E-state index >= 15 is 0 Å². The monoisotopic (exact) mass is 528 g/mol. The van der Waals surface area contributed by atoms with Gasteiger partial charge in [-0.3, -0.25) is 4.90 Å². The van der Waals surface area contributed by atoms with Crippen LogP contribution in [0.3, 0.4) is 0 Å². The molecule has 5 nitrogen and oxygen atoms in total. The number of nitrogens with zero attached hydrogens (tertiary/aromatic N) is 3. The lowest BCUT2D eigenvalue weighted by atomic mass is 10.0. The van der Waals surface area contributed by atoms with Gasteiger partial charge in [0.2, 0.25) is 0 Å². The predicted molar refractivity (Wildman–Crippen MR) is 129 cm³/mol. The minimum atomic E-state index is -4.47. The molecule has 1 saturated heterocycles. The van der Waals surface area contributed by atoms with Crippen molar-refractivity contribution >= 4 is 58.4 Å². The Morgan fingerprint density at radius 3 is 2.64 bits per heavy atom. The van der Waals surface area contributed by atoms with Crippen LogP contribution in [0.5, 0.6) is 0 Å². The highest BCUT2D eigenvalue weighted by molar-refractivity contribution is 7.16. The molecule has 1 unspecified atom stereocenters. The van der Waals surface area contributed by atoms with E-state index in [0.29, 0.717) is 52.2 Å². The molecule has 0 spiro atoms. The number of rotatable bonds is 3. The number of piperazine rings is 1. The molecule has 1 aromatic heterocycles. The zero-order chi connectivity index (χ0) is 22.3. The van der Waals surface area contributed by atoms with E-state index in [1.807, 2.05) is 18.9 Å². The fraction of sp³-hybridized carbons (Fsp3) is 0.476. The van der Waals surface area contributed by atoms with Gasteiger partial charge >= 0.3 is 6.18 Å². The number of anilines is 2. The number of thiophene rings is 1. The van der Waals surface area contributed by atoms with Gasteiger partial charge in [-0.1, -0.05) is 0 Å². The standard InChI is InChI=1S/C21H24F4N4OS.2ClH/c1-12(30-3)8-14-11-29(7-6-28(14)2)19-15-10-18(21(23,24)25)31-20(15)27-17-9-13(22)4-5-16(17)26-19;;/h4-5,9-10,12,14,27H,6-8,11H2,1-3H3;2*1H/t12?,14-;;/m0../s1. The van der Waals surface area contributed by atoms with Crippen molar-refractivity contribution in [3.8, 4) is 0 Å². The molecular weight excluding hydrogens is 503 g/mol. The fourth-order valence-electron chi connectivity index (χ4n) is 3.91. The lowest BCUT2D eigenvalue weighted by Gasteiger charge is -2.41. The van der Waals surface area contributed by atoms with Gasteiger partial charge < -0.3 is 15.0 Å². The van der Waals surface area contributed by atoms with Crippen molar-refractivity contribution in [1.82, 2.24) is 9.80 Å². The Bertz CT molecular complexity index is 1000. The van der Waals surface area contributed by atoms with Crippen LogP contribution in [0.4, 0.5) is 33.9 Å². The highest BCUT2D eigenvalue weighted by Crippen LogP contribution is 2.44. The molecule has 2 aliphatic rings. The number of ether oxygens (including phenoxy) is 1. The molecule has 0 bridgehead atoms. The maximum Gasteiger partial charge on any atom is 0.425 e. The zero-order valence-corrected chi connectivity index (χ0v) is 20.7. The summed E-state index contributed by atoms with van der Waals surface area (Å²) in [6.45, 7) is 3.98. The van der Waals surface area contributed by atoms with Crippen LogP contribution in [-0.2, 0) is 10.9 Å². The summed E-state index contributed by atoms with van der Waals surface area (Å²) in [6.07, 6.45) is -3.61. The van der Waals surface area contributed by atoms with Crippen molar-refractivity contribution < 1.29 is 22.3 Å². The number of halogens is 6. The third-order valence-electron chi connectivity index (χ3n) is 5.77. The first-order valence-electron chi connectivity index (χ1n) is 10.0. The largest absolute Gasteiger partial charge is 0.425 e. The summed E-state index contributed by atoms with van der Waals surface area (Å²) in [4.78, 5) is 8.25. The molecule has 3 heterocycles. The smallest absolute Gasteiger partial charge is 0.382 e. The number of alkyl halides is 3. The Morgan fingerprint density at radius 2 is 1.97 bits per heavy atom. The normalized spacial score (nSPS) is 19.2. The summed E-state index contributed by atoms with van der Waals surface area (Å²) in [5.74, 6) is -0.00459. The average Bonchev–Trinajstić information content (AvgIpc) is 3.07. The van der Waals surface area contributed by atoms with E-state index in [0.717, 1.165) is 19.0 Å². The highest BCUT2D eigenvalue weighted by Gasteiger charge is 2.37. The van der Waals surface area contributed by atoms with Crippen molar-refractivity contribution in [3.63, 3.8) is 0 Å². The zero-order valence-electron chi connectivity index (χ0n) is 18.3. The van der Waals surface area contributed by atoms with E-state index in [1.54, 1.807) is 13.2 Å². The number of aliphatic imine (C=N–C) groups is 1. The first-order chi connectivity index (χ1) is 14.7. The van der Waals surface area contributed by atoms with Gasteiger partial charge in [0.05, 0.1) is 23.0 Å². The highest BCUT2D eigenvalue weighted by atomic mass is 35.5. The third-order valence-corrected chi connectivity index (χ3v) is 6.86. The molecule has 1 aromatic carbocycles. The molecule has 0 radical (unpaired) electrons. The topological polar surface area (TPSA) is 40.1 Å². The summed E-state index contributed by atoms with van der Waals surface area (Å²) >= 11 is 0.612. The molecule has 33 heavy (non-hydrogen) atoms.